The number of benzene rings is 2. The largest absolute Gasteiger partial charge is 0.325 e. The molecular weight excluding hydrogens is 442 g/mol. The summed E-state index contributed by atoms with van der Waals surface area (Å²) in [4.78, 5) is 34.3. The zero-order valence-electron chi connectivity index (χ0n) is 15.8. The van der Waals surface area contributed by atoms with Crippen molar-refractivity contribution in [1.29, 1.82) is 0 Å². The molecule has 0 aliphatic heterocycles. The summed E-state index contributed by atoms with van der Waals surface area (Å²) in [5.41, 5.74) is 1.63. The molecular formula is C20H16ClN5O2S2. The number of nitrogens with one attached hydrogen (secondary N) is 2. The molecule has 2 heterocycles. The number of fused-ring (bicyclic) bond motifs is 1. The molecule has 0 bridgehead atoms. The number of halogens is 1. The fraction of sp³-hybridized carbons (Fsp3) is 0.100. The van der Waals surface area contributed by atoms with Gasteiger partial charge in [-0.2, -0.15) is 0 Å². The predicted octanol–water partition coefficient (Wildman–Crippen LogP) is 4.19. The van der Waals surface area contributed by atoms with E-state index < -0.39 is 0 Å². The van der Waals surface area contributed by atoms with Crippen LogP contribution in [-0.2, 0) is 4.79 Å². The fourth-order valence-corrected chi connectivity index (χ4v) is 4.07. The smallest absolute Gasteiger partial charge is 0.266 e. The third-order valence-electron chi connectivity index (χ3n) is 4.11. The number of amides is 1. The lowest BCUT2D eigenvalue weighted by molar-refractivity contribution is -0.113. The molecule has 1 amide bonds. The molecule has 0 radical (unpaired) electrons. The third kappa shape index (κ3) is 4.69. The van der Waals surface area contributed by atoms with Crippen molar-refractivity contribution < 1.29 is 4.79 Å². The Morgan fingerprint density at radius 1 is 1.17 bits per heavy atom. The standard InChI is InChI=1S/C20H16ClN5O2S2/c1-29-15-4-2-3-14(9-15)22-18(28)11-30-20-24-19(12-5-7-13(21)8-6-12)23-16-10-17(27)25-26(16)20/h2-10H,11H2,1H3,(H,22,28)(H,25,27). The zero-order chi connectivity index (χ0) is 21.1. The molecule has 2 aromatic heterocycles. The molecule has 7 nitrogen and oxygen atoms in total. The summed E-state index contributed by atoms with van der Waals surface area (Å²) in [7, 11) is 0. The molecule has 2 aromatic carbocycles. The lowest BCUT2D eigenvalue weighted by atomic mass is 10.2. The number of hydrogen-bond acceptors (Lipinski definition) is 6. The van der Waals surface area contributed by atoms with Crippen molar-refractivity contribution in [2.75, 3.05) is 17.3 Å². The summed E-state index contributed by atoms with van der Waals surface area (Å²) >= 11 is 8.77. The second-order valence-corrected chi connectivity index (χ2v) is 8.48. The van der Waals surface area contributed by atoms with E-state index in [1.165, 1.54) is 22.3 Å². The van der Waals surface area contributed by atoms with E-state index >= 15 is 0 Å². The van der Waals surface area contributed by atoms with E-state index in [0.29, 0.717) is 21.7 Å². The van der Waals surface area contributed by atoms with E-state index in [-0.39, 0.29) is 17.2 Å². The van der Waals surface area contributed by atoms with Crippen LogP contribution in [0.3, 0.4) is 0 Å². The molecule has 0 atom stereocenters. The number of hydrogen-bond donors (Lipinski definition) is 2. The second kappa shape index (κ2) is 8.95. The summed E-state index contributed by atoms with van der Waals surface area (Å²) in [5, 5.41) is 6.61. The number of aromatic nitrogens is 4. The first kappa shape index (κ1) is 20.5. The molecule has 0 saturated carbocycles. The van der Waals surface area contributed by atoms with Crippen molar-refractivity contribution in [2.45, 2.75) is 10.1 Å². The van der Waals surface area contributed by atoms with Gasteiger partial charge < -0.3 is 5.32 Å². The monoisotopic (exact) mass is 457 g/mol. The number of H-pyrrole nitrogens is 1. The van der Waals surface area contributed by atoms with Crippen LogP contribution in [-0.4, -0.2) is 37.5 Å². The van der Waals surface area contributed by atoms with Gasteiger partial charge in [-0.25, -0.2) is 14.5 Å². The summed E-state index contributed by atoms with van der Waals surface area (Å²) < 4.78 is 1.48. The quantitative estimate of drug-likeness (QED) is 0.422. The van der Waals surface area contributed by atoms with Crippen molar-refractivity contribution in [3.63, 3.8) is 0 Å². The van der Waals surface area contributed by atoms with Crippen LogP contribution in [0.5, 0.6) is 0 Å². The normalized spacial score (nSPS) is 11.0. The Morgan fingerprint density at radius 2 is 1.97 bits per heavy atom. The van der Waals surface area contributed by atoms with E-state index in [9.17, 15) is 9.59 Å². The van der Waals surface area contributed by atoms with Crippen LogP contribution in [0.4, 0.5) is 5.69 Å². The Labute approximate surface area is 185 Å². The highest BCUT2D eigenvalue weighted by molar-refractivity contribution is 7.99. The Hall–Kier alpha value is -2.75. The van der Waals surface area contributed by atoms with Gasteiger partial charge >= 0.3 is 0 Å². The minimum Gasteiger partial charge on any atom is -0.325 e. The SMILES string of the molecule is CSc1cccc(NC(=O)CSc2nc(-c3ccc(Cl)cc3)nc3cc(=O)[nH]n23)c1. The van der Waals surface area contributed by atoms with Gasteiger partial charge in [0.2, 0.25) is 5.91 Å². The van der Waals surface area contributed by atoms with Crippen molar-refractivity contribution in [2.24, 2.45) is 0 Å². The molecule has 2 N–H and O–H groups in total. The molecule has 0 aliphatic rings. The number of carbonyl (C=O) groups is 1. The maximum atomic E-state index is 12.4. The molecule has 0 saturated heterocycles. The van der Waals surface area contributed by atoms with Crippen LogP contribution in [0, 0.1) is 0 Å². The maximum absolute atomic E-state index is 12.4. The van der Waals surface area contributed by atoms with Gasteiger partial charge in [0, 0.05) is 27.2 Å². The first-order chi connectivity index (χ1) is 14.5. The molecule has 10 heteroatoms. The van der Waals surface area contributed by atoms with E-state index in [0.717, 1.165) is 16.1 Å². The van der Waals surface area contributed by atoms with Gasteiger partial charge in [-0.3, -0.25) is 14.7 Å². The van der Waals surface area contributed by atoms with Gasteiger partial charge in [-0.1, -0.05) is 29.4 Å². The van der Waals surface area contributed by atoms with Gasteiger partial charge in [0.05, 0.1) is 5.75 Å². The summed E-state index contributed by atoms with van der Waals surface area (Å²) in [6.45, 7) is 0. The van der Waals surface area contributed by atoms with Crippen LogP contribution < -0.4 is 10.9 Å². The summed E-state index contributed by atoms with van der Waals surface area (Å²) in [5.74, 6) is 0.393. The Kier molecular flexibility index (Phi) is 6.12. The highest BCUT2D eigenvalue weighted by Gasteiger charge is 2.13. The molecule has 30 heavy (non-hydrogen) atoms. The van der Waals surface area contributed by atoms with Crippen LogP contribution in [0.1, 0.15) is 0 Å². The molecule has 0 aliphatic carbocycles. The number of rotatable bonds is 6. The topological polar surface area (TPSA) is 92.2 Å². The summed E-state index contributed by atoms with van der Waals surface area (Å²) in [6, 6.07) is 16.1. The highest BCUT2D eigenvalue weighted by atomic mass is 35.5. The van der Waals surface area contributed by atoms with E-state index in [4.69, 9.17) is 11.6 Å². The van der Waals surface area contributed by atoms with Crippen molar-refractivity contribution in [3.05, 3.63) is 70.0 Å². The van der Waals surface area contributed by atoms with Gasteiger partial charge in [-0.15, -0.1) is 11.8 Å². The number of carbonyl (C=O) groups excluding carboxylic acids is 1. The molecule has 0 fully saturated rings. The minimum absolute atomic E-state index is 0.121. The molecule has 152 valence electrons. The highest BCUT2D eigenvalue weighted by Crippen LogP contribution is 2.23. The van der Waals surface area contributed by atoms with Crippen molar-refractivity contribution in [3.8, 4) is 11.4 Å². The van der Waals surface area contributed by atoms with Gasteiger partial charge in [-0.05, 0) is 48.7 Å². The first-order valence-corrected chi connectivity index (χ1v) is 11.4. The lowest BCUT2D eigenvalue weighted by Crippen LogP contribution is -2.15. The Balaban J connectivity index is 1.57. The molecule has 0 spiro atoms. The fourth-order valence-electron chi connectivity index (χ4n) is 2.74. The number of thioether (sulfide) groups is 2. The Bertz CT molecular complexity index is 1270. The van der Waals surface area contributed by atoms with E-state index in [2.05, 4.69) is 20.4 Å². The molecule has 4 aromatic rings. The van der Waals surface area contributed by atoms with Crippen molar-refractivity contribution in [1.82, 2.24) is 19.6 Å². The van der Waals surface area contributed by atoms with Crippen LogP contribution >= 0.6 is 35.1 Å². The van der Waals surface area contributed by atoms with Gasteiger partial charge in [0.1, 0.15) is 0 Å². The van der Waals surface area contributed by atoms with E-state index in [1.54, 1.807) is 36.0 Å². The summed E-state index contributed by atoms with van der Waals surface area (Å²) in [6.07, 6.45) is 1.98. The maximum Gasteiger partial charge on any atom is 0.266 e. The number of anilines is 1. The predicted molar refractivity (Wildman–Crippen MR) is 122 cm³/mol. The van der Waals surface area contributed by atoms with Crippen molar-refractivity contribution >= 4 is 52.4 Å². The average molecular weight is 458 g/mol. The second-order valence-electron chi connectivity index (χ2n) is 6.22. The van der Waals surface area contributed by atoms with Gasteiger partial charge in [0.25, 0.3) is 5.56 Å². The van der Waals surface area contributed by atoms with E-state index in [1.807, 2.05) is 30.5 Å². The molecule has 4 rings (SSSR count). The number of aromatic amines is 1. The van der Waals surface area contributed by atoms with Gasteiger partial charge in [0.15, 0.2) is 16.6 Å². The van der Waals surface area contributed by atoms with Crippen LogP contribution in [0.15, 0.2) is 69.4 Å². The third-order valence-corrected chi connectivity index (χ3v) is 6.03. The molecule has 0 unspecified atom stereocenters. The zero-order valence-corrected chi connectivity index (χ0v) is 18.1. The lowest BCUT2D eigenvalue weighted by Gasteiger charge is -2.09. The minimum atomic E-state index is -0.294. The first-order valence-electron chi connectivity index (χ1n) is 8.84. The Morgan fingerprint density at radius 3 is 2.73 bits per heavy atom. The number of nitrogens with zero attached hydrogens (tertiary/aromatic N) is 3. The van der Waals surface area contributed by atoms with Crippen LogP contribution in [0.25, 0.3) is 17.0 Å². The van der Waals surface area contributed by atoms with Crippen LogP contribution in [0.2, 0.25) is 5.02 Å². The average Bonchev–Trinajstić information content (AvgIpc) is 3.13.